The molecular weight excluding hydrogens is 190 g/mol. The van der Waals surface area contributed by atoms with E-state index in [1.165, 1.54) is 11.3 Å². The van der Waals surface area contributed by atoms with Gasteiger partial charge in [0.05, 0.1) is 0 Å². The molecule has 0 saturated heterocycles. The Morgan fingerprint density at radius 3 is 3.00 bits per heavy atom. The second-order valence-corrected chi connectivity index (χ2v) is 3.86. The summed E-state index contributed by atoms with van der Waals surface area (Å²) in [5.41, 5.74) is 2.66. The summed E-state index contributed by atoms with van der Waals surface area (Å²) >= 11 is 0. The number of para-hydroxylation sites is 1. The molecule has 0 radical (unpaired) electrons. The molecule has 0 saturated carbocycles. The number of hydrogen-bond donors (Lipinski definition) is 1. The van der Waals surface area contributed by atoms with Crippen LogP contribution < -0.4 is 4.90 Å². The van der Waals surface area contributed by atoms with E-state index in [1.807, 2.05) is 6.07 Å². The molecule has 0 bridgehead atoms. The molecule has 80 valence electrons. The van der Waals surface area contributed by atoms with Crippen LogP contribution >= 0.6 is 0 Å². The molecule has 0 aliphatic carbocycles. The van der Waals surface area contributed by atoms with Crippen molar-refractivity contribution in [2.45, 2.75) is 19.3 Å². The minimum absolute atomic E-state index is 0.263. The minimum atomic E-state index is -0.706. The fourth-order valence-corrected chi connectivity index (χ4v) is 2.06. The van der Waals surface area contributed by atoms with Gasteiger partial charge in [0.25, 0.3) is 0 Å². The summed E-state index contributed by atoms with van der Waals surface area (Å²) in [4.78, 5) is 12.7. The number of carboxylic acids is 1. The van der Waals surface area contributed by atoms with Gasteiger partial charge in [-0.25, -0.2) is 0 Å². The van der Waals surface area contributed by atoms with Crippen molar-refractivity contribution < 1.29 is 9.90 Å². The Balaban J connectivity index is 1.93. The quantitative estimate of drug-likeness (QED) is 0.816. The lowest BCUT2D eigenvalue weighted by atomic mass is 10.2. The highest BCUT2D eigenvalue weighted by molar-refractivity contribution is 5.66. The number of rotatable bonds is 4. The van der Waals surface area contributed by atoms with Gasteiger partial charge < -0.3 is 10.0 Å². The molecule has 15 heavy (non-hydrogen) atoms. The van der Waals surface area contributed by atoms with Crippen LogP contribution in [0.1, 0.15) is 18.4 Å². The maximum Gasteiger partial charge on any atom is 0.303 e. The van der Waals surface area contributed by atoms with Crippen LogP contribution in [-0.4, -0.2) is 24.2 Å². The average Bonchev–Trinajstić information content (AvgIpc) is 2.62. The molecule has 1 aromatic rings. The van der Waals surface area contributed by atoms with E-state index in [0.29, 0.717) is 0 Å². The summed E-state index contributed by atoms with van der Waals surface area (Å²) < 4.78 is 0. The van der Waals surface area contributed by atoms with Crippen molar-refractivity contribution in [3.63, 3.8) is 0 Å². The zero-order valence-corrected chi connectivity index (χ0v) is 8.65. The highest BCUT2D eigenvalue weighted by atomic mass is 16.4. The van der Waals surface area contributed by atoms with E-state index in [9.17, 15) is 4.79 Å². The predicted molar refractivity (Wildman–Crippen MR) is 59.2 cm³/mol. The number of benzene rings is 1. The third kappa shape index (κ3) is 2.29. The second kappa shape index (κ2) is 4.34. The highest BCUT2D eigenvalue weighted by Crippen LogP contribution is 2.27. The van der Waals surface area contributed by atoms with Crippen LogP contribution in [0.2, 0.25) is 0 Å². The van der Waals surface area contributed by atoms with E-state index in [1.54, 1.807) is 0 Å². The van der Waals surface area contributed by atoms with Crippen LogP contribution in [-0.2, 0) is 11.2 Å². The smallest absolute Gasteiger partial charge is 0.303 e. The van der Waals surface area contributed by atoms with Gasteiger partial charge in [0, 0.05) is 25.2 Å². The number of carbonyl (C=O) groups is 1. The van der Waals surface area contributed by atoms with Crippen LogP contribution in [0.3, 0.4) is 0 Å². The van der Waals surface area contributed by atoms with Crippen molar-refractivity contribution in [3.05, 3.63) is 29.8 Å². The van der Waals surface area contributed by atoms with Crippen molar-refractivity contribution in [2.24, 2.45) is 0 Å². The number of carboxylic acid groups (broad SMARTS) is 1. The summed E-state index contributed by atoms with van der Waals surface area (Å²) in [6.45, 7) is 1.88. The van der Waals surface area contributed by atoms with E-state index in [2.05, 4.69) is 23.1 Å². The number of fused-ring (bicyclic) bond motifs is 1. The predicted octanol–water partition coefficient (Wildman–Crippen LogP) is 1.91. The molecule has 1 aromatic carbocycles. The summed E-state index contributed by atoms with van der Waals surface area (Å²) in [6, 6.07) is 8.35. The highest BCUT2D eigenvalue weighted by Gasteiger charge is 2.17. The molecular formula is C12H15NO2. The van der Waals surface area contributed by atoms with Gasteiger partial charge in [0.15, 0.2) is 0 Å². The Morgan fingerprint density at radius 2 is 2.20 bits per heavy atom. The Hall–Kier alpha value is -1.51. The van der Waals surface area contributed by atoms with Crippen LogP contribution in [0.4, 0.5) is 5.69 Å². The fraction of sp³-hybridized carbons (Fsp3) is 0.417. The summed E-state index contributed by atoms with van der Waals surface area (Å²) in [5, 5.41) is 8.56. The van der Waals surface area contributed by atoms with Crippen molar-refractivity contribution >= 4 is 11.7 Å². The topological polar surface area (TPSA) is 40.5 Å². The van der Waals surface area contributed by atoms with Gasteiger partial charge in [0.1, 0.15) is 0 Å². The van der Waals surface area contributed by atoms with E-state index in [4.69, 9.17) is 5.11 Å². The molecule has 3 heteroatoms. The van der Waals surface area contributed by atoms with Gasteiger partial charge in [-0.2, -0.15) is 0 Å². The number of hydrogen-bond acceptors (Lipinski definition) is 2. The zero-order chi connectivity index (χ0) is 10.7. The van der Waals surface area contributed by atoms with Gasteiger partial charge in [-0.3, -0.25) is 4.79 Å². The summed E-state index contributed by atoms with van der Waals surface area (Å²) in [7, 11) is 0. The standard InChI is InChI=1S/C12H15NO2/c14-12(15)6-3-8-13-9-7-10-4-1-2-5-11(10)13/h1-2,4-5H,3,6-9H2,(H,14,15). The first-order chi connectivity index (χ1) is 7.27. The molecule has 0 aromatic heterocycles. The van der Waals surface area contributed by atoms with Crippen LogP contribution in [0.5, 0.6) is 0 Å². The molecule has 1 N–H and O–H groups in total. The molecule has 1 aliphatic rings. The van der Waals surface area contributed by atoms with Crippen molar-refractivity contribution in [1.82, 2.24) is 0 Å². The lowest BCUT2D eigenvalue weighted by Gasteiger charge is -2.18. The minimum Gasteiger partial charge on any atom is -0.481 e. The third-order valence-corrected chi connectivity index (χ3v) is 2.80. The fourth-order valence-electron chi connectivity index (χ4n) is 2.06. The number of aliphatic carboxylic acids is 1. The molecule has 0 unspecified atom stereocenters. The number of anilines is 1. The summed E-state index contributed by atoms with van der Waals surface area (Å²) in [5.74, 6) is -0.706. The Morgan fingerprint density at radius 1 is 1.40 bits per heavy atom. The van der Waals surface area contributed by atoms with Crippen LogP contribution in [0, 0.1) is 0 Å². The van der Waals surface area contributed by atoms with E-state index >= 15 is 0 Å². The van der Waals surface area contributed by atoms with Crippen molar-refractivity contribution in [3.8, 4) is 0 Å². The van der Waals surface area contributed by atoms with Gasteiger partial charge in [-0.15, -0.1) is 0 Å². The second-order valence-electron chi connectivity index (χ2n) is 3.86. The van der Waals surface area contributed by atoms with Crippen LogP contribution in [0.15, 0.2) is 24.3 Å². The molecule has 2 rings (SSSR count). The normalized spacial score (nSPS) is 14.0. The van der Waals surface area contributed by atoms with Gasteiger partial charge in [0.2, 0.25) is 0 Å². The van der Waals surface area contributed by atoms with Crippen molar-refractivity contribution in [1.29, 1.82) is 0 Å². The molecule has 1 heterocycles. The third-order valence-electron chi connectivity index (χ3n) is 2.80. The zero-order valence-electron chi connectivity index (χ0n) is 8.65. The van der Waals surface area contributed by atoms with Crippen LogP contribution in [0.25, 0.3) is 0 Å². The first-order valence-electron chi connectivity index (χ1n) is 5.32. The monoisotopic (exact) mass is 205 g/mol. The molecule has 0 amide bonds. The lowest BCUT2D eigenvalue weighted by molar-refractivity contribution is -0.137. The first kappa shape index (κ1) is 10.0. The van der Waals surface area contributed by atoms with Crippen molar-refractivity contribution in [2.75, 3.05) is 18.0 Å². The molecule has 0 fully saturated rings. The largest absolute Gasteiger partial charge is 0.481 e. The van der Waals surface area contributed by atoms with E-state index < -0.39 is 5.97 Å². The maximum atomic E-state index is 10.4. The molecule has 0 spiro atoms. The number of nitrogens with zero attached hydrogens (tertiary/aromatic N) is 1. The van der Waals surface area contributed by atoms with E-state index in [0.717, 1.165) is 25.9 Å². The average molecular weight is 205 g/mol. The van der Waals surface area contributed by atoms with Gasteiger partial charge in [-0.1, -0.05) is 18.2 Å². The Labute approximate surface area is 89.3 Å². The molecule has 3 nitrogen and oxygen atoms in total. The first-order valence-corrected chi connectivity index (χ1v) is 5.32. The van der Waals surface area contributed by atoms with Gasteiger partial charge >= 0.3 is 5.97 Å². The SMILES string of the molecule is O=C(O)CCCN1CCc2ccccc21. The maximum absolute atomic E-state index is 10.4. The Kier molecular flexibility index (Phi) is 2.90. The Bertz CT molecular complexity index is 362. The molecule has 0 atom stereocenters. The molecule has 1 aliphatic heterocycles. The van der Waals surface area contributed by atoms with E-state index in [-0.39, 0.29) is 6.42 Å². The lowest BCUT2D eigenvalue weighted by Crippen LogP contribution is -2.22. The van der Waals surface area contributed by atoms with Gasteiger partial charge in [-0.05, 0) is 24.5 Å². The summed E-state index contributed by atoms with van der Waals surface area (Å²) in [6.07, 6.45) is 2.07.